The van der Waals surface area contributed by atoms with Gasteiger partial charge in [-0.3, -0.25) is 9.59 Å². The van der Waals surface area contributed by atoms with Crippen LogP contribution in [0.5, 0.6) is 17.2 Å². The molecule has 0 aromatic heterocycles. The van der Waals surface area contributed by atoms with E-state index in [-0.39, 0.29) is 5.70 Å². The molecule has 2 amide bonds. The lowest BCUT2D eigenvalue weighted by molar-refractivity contribution is -0.120. The Morgan fingerprint density at radius 2 is 1.59 bits per heavy atom. The van der Waals surface area contributed by atoms with Gasteiger partial charge in [-0.1, -0.05) is 35.9 Å². The number of ether oxygens (including phenoxy) is 3. The van der Waals surface area contributed by atoms with Crippen molar-refractivity contribution >= 4 is 28.8 Å². The number of amides is 2. The molecule has 1 aliphatic rings. The molecule has 1 heterocycles. The number of carbonyl (C=O) groups is 2. The van der Waals surface area contributed by atoms with Crippen molar-refractivity contribution in [3.63, 3.8) is 0 Å². The number of nitrogens with one attached hydrogen (secondary N) is 1. The fraction of sp³-hybridized carbons (Fsp3) is 0.185. The Morgan fingerprint density at radius 1 is 0.853 bits per heavy atom. The number of anilines is 2. The minimum Gasteiger partial charge on any atom is -0.494 e. The number of hydrogen-bond donors (Lipinski definition) is 1. The van der Waals surface area contributed by atoms with Crippen LogP contribution in [0.25, 0.3) is 5.57 Å². The first-order valence-corrected chi connectivity index (χ1v) is 10.9. The summed E-state index contributed by atoms with van der Waals surface area (Å²) < 4.78 is 16.2. The predicted octanol–water partition coefficient (Wildman–Crippen LogP) is 4.81. The number of methoxy groups -OCH3 is 2. The van der Waals surface area contributed by atoms with Crippen LogP contribution in [0.4, 0.5) is 11.4 Å². The third-order valence-corrected chi connectivity index (χ3v) is 5.46. The van der Waals surface area contributed by atoms with E-state index in [1.54, 1.807) is 24.3 Å². The van der Waals surface area contributed by atoms with Crippen molar-refractivity contribution in [1.82, 2.24) is 0 Å². The van der Waals surface area contributed by atoms with Crippen molar-refractivity contribution in [3.8, 4) is 17.2 Å². The van der Waals surface area contributed by atoms with E-state index in [1.165, 1.54) is 14.2 Å². The standard InChI is InChI=1S/C27H26N2O5/c1-5-34-21-8-6-7-19(15-21)28-25-24(18-11-9-17(2)10-12-18)26(30)29(27(25)31)20-13-14-22(32-3)23(16-20)33-4/h6-16,28H,5H2,1-4H3. The van der Waals surface area contributed by atoms with Crippen molar-refractivity contribution in [3.05, 3.63) is 83.6 Å². The Kier molecular flexibility index (Phi) is 6.54. The van der Waals surface area contributed by atoms with Gasteiger partial charge in [0.1, 0.15) is 11.4 Å². The summed E-state index contributed by atoms with van der Waals surface area (Å²) in [4.78, 5) is 28.4. The van der Waals surface area contributed by atoms with Crippen LogP contribution in [0.1, 0.15) is 18.1 Å². The predicted molar refractivity (Wildman–Crippen MR) is 131 cm³/mol. The highest BCUT2D eigenvalue weighted by molar-refractivity contribution is 6.46. The van der Waals surface area contributed by atoms with Gasteiger partial charge in [-0.25, -0.2) is 4.90 Å². The van der Waals surface area contributed by atoms with E-state index in [0.29, 0.717) is 46.4 Å². The molecule has 1 N–H and O–H groups in total. The van der Waals surface area contributed by atoms with Crippen LogP contribution >= 0.6 is 0 Å². The summed E-state index contributed by atoms with van der Waals surface area (Å²) in [5.74, 6) is 0.698. The molecule has 0 fully saturated rings. The highest BCUT2D eigenvalue weighted by Gasteiger charge is 2.40. The lowest BCUT2D eigenvalue weighted by atomic mass is 10.0. The van der Waals surface area contributed by atoms with Gasteiger partial charge in [-0.15, -0.1) is 0 Å². The van der Waals surface area contributed by atoms with Crippen LogP contribution < -0.4 is 24.4 Å². The van der Waals surface area contributed by atoms with Gasteiger partial charge >= 0.3 is 0 Å². The van der Waals surface area contributed by atoms with E-state index >= 15 is 0 Å². The molecule has 0 spiro atoms. The SMILES string of the molecule is CCOc1cccc(NC2=C(c3ccc(C)cc3)C(=O)N(c3ccc(OC)c(OC)c3)C2=O)c1. The molecule has 0 unspecified atom stereocenters. The Labute approximate surface area is 198 Å². The summed E-state index contributed by atoms with van der Waals surface area (Å²) in [5.41, 5.74) is 3.21. The molecule has 0 radical (unpaired) electrons. The lowest BCUT2D eigenvalue weighted by Crippen LogP contribution is -2.32. The van der Waals surface area contributed by atoms with Crippen molar-refractivity contribution in [2.24, 2.45) is 0 Å². The van der Waals surface area contributed by atoms with E-state index in [0.717, 1.165) is 10.5 Å². The Hall–Kier alpha value is -4.26. The largest absolute Gasteiger partial charge is 0.494 e. The maximum atomic E-state index is 13.6. The summed E-state index contributed by atoms with van der Waals surface area (Å²) in [6, 6.07) is 19.7. The molecule has 34 heavy (non-hydrogen) atoms. The van der Waals surface area contributed by atoms with E-state index in [4.69, 9.17) is 14.2 Å². The molecule has 0 saturated carbocycles. The van der Waals surface area contributed by atoms with Crippen LogP contribution in [0, 0.1) is 6.92 Å². The van der Waals surface area contributed by atoms with Crippen molar-refractivity contribution < 1.29 is 23.8 Å². The summed E-state index contributed by atoms with van der Waals surface area (Å²) in [6.07, 6.45) is 0. The topological polar surface area (TPSA) is 77.1 Å². The summed E-state index contributed by atoms with van der Waals surface area (Å²) in [6.45, 7) is 4.39. The molecule has 1 aliphatic heterocycles. The fourth-order valence-electron chi connectivity index (χ4n) is 3.81. The lowest BCUT2D eigenvalue weighted by Gasteiger charge is -2.17. The van der Waals surface area contributed by atoms with E-state index in [2.05, 4.69) is 5.32 Å². The molecular formula is C27H26N2O5. The van der Waals surface area contributed by atoms with Crippen LogP contribution in [0.2, 0.25) is 0 Å². The average Bonchev–Trinajstić information content (AvgIpc) is 3.08. The van der Waals surface area contributed by atoms with Crippen molar-refractivity contribution in [1.29, 1.82) is 0 Å². The Morgan fingerprint density at radius 3 is 2.26 bits per heavy atom. The molecule has 0 bridgehead atoms. The van der Waals surface area contributed by atoms with Crippen LogP contribution in [-0.2, 0) is 9.59 Å². The van der Waals surface area contributed by atoms with Crippen LogP contribution in [0.3, 0.4) is 0 Å². The fourth-order valence-corrected chi connectivity index (χ4v) is 3.81. The van der Waals surface area contributed by atoms with Gasteiger partial charge in [-0.2, -0.15) is 0 Å². The van der Waals surface area contributed by atoms with Crippen LogP contribution in [-0.4, -0.2) is 32.6 Å². The molecule has 0 atom stereocenters. The molecule has 3 aromatic carbocycles. The van der Waals surface area contributed by atoms with Gasteiger partial charge in [0, 0.05) is 17.8 Å². The summed E-state index contributed by atoms with van der Waals surface area (Å²) in [7, 11) is 3.03. The van der Waals surface area contributed by atoms with Gasteiger partial charge in [0.05, 0.1) is 32.1 Å². The molecular weight excluding hydrogens is 432 g/mol. The first-order valence-electron chi connectivity index (χ1n) is 10.9. The molecule has 7 heteroatoms. The van der Waals surface area contributed by atoms with Crippen LogP contribution in [0.15, 0.2) is 72.4 Å². The van der Waals surface area contributed by atoms with Gasteiger partial charge < -0.3 is 19.5 Å². The highest BCUT2D eigenvalue weighted by Crippen LogP contribution is 2.38. The summed E-state index contributed by atoms with van der Waals surface area (Å²) >= 11 is 0. The van der Waals surface area contributed by atoms with E-state index < -0.39 is 11.8 Å². The van der Waals surface area contributed by atoms with Gasteiger partial charge in [0.15, 0.2) is 11.5 Å². The second-order valence-electron chi connectivity index (χ2n) is 7.69. The zero-order valence-corrected chi connectivity index (χ0v) is 19.5. The third-order valence-electron chi connectivity index (χ3n) is 5.46. The van der Waals surface area contributed by atoms with E-state index in [1.807, 2.05) is 56.3 Å². The second kappa shape index (κ2) is 9.70. The van der Waals surface area contributed by atoms with Gasteiger partial charge in [-0.05, 0) is 43.7 Å². The zero-order chi connectivity index (χ0) is 24.2. The van der Waals surface area contributed by atoms with Crippen molar-refractivity contribution in [2.75, 3.05) is 31.0 Å². The third kappa shape index (κ3) is 4.32. The summed E-state index contributed by atoms with van der Waals surface area (Å²) in [5, 5.41) is 3.17. The highest BCUT2D eigenvalue weighted by atomic mass is 16.5. The number of nitrogens with zero attached hydrogens (tertiary/aromatic N) is 1. The van der Waals surface area contributed by atoms with Crippen molar-refractivity contribution in [2.45, 2.75) is 13.8 Å². The second-order valence-corrected chi connectivity index (χ2v) is 7.69. The number of aryl methyl sites for hydroxylation is 1. The smallest absolute Gasteiger partial charge is 0.282 e. The molecule has 3 aromatic rings. The molecule has 174 valence electrons. The van der Waals surface area contributed by atoms with Gasteiger partial charge in [0.25, 0.3) is 11.8 Å². The Balaban J connectivity index is 1.79. The average molecular weight is 459 g/mol. The molecule has 0 saturated heterocycles. The molecule has 4 rings (SSSR count). The number of imide groups is 1. The maximum absolute atomic E-state index is 13.6. The quantitative estimate of drug-likeness (QED) is 0.489. The first-order chi connectivity index (χ1) is 16.5. The van der Waals surface area contributed by atoms with E-state index in [9.17, 15) is 9.59 Å². The molecule has 7 nitrogen and oxygen atoms in total. The first kappa shape index (κ1) is 22.9. The maximum Gasteiger partial charge on any atom is 0.282 e. The number of rotatable bonds is 8. The zero-order valence-electron chi connectivity index (χ0n) is 19.5. The number of carbonyl (C=O) groups excluding carboxylic acids is 2. The number of benzene rings is 3. The number of hydrogen-bond acceptors (Lipinski definition) is 6. The minimum atomic E-state index is -0.463. The molecule has 0 aliphatic carbocycles. The monoisotopic (exact) mass is 458 g/mol. The normalized spacial score (nSPS) is 13.4. The minimum absolute atomic E-state index is 0.192. The van der Waals surface area contributed by atoms with Gasteiger partial charge in [0.2, 0.25) is 0 Å². The Bertz CT molecular complexity index is 1260.